The van der Waals surface area contributed by atoms with Crippen LogP contribution in [0.1, 0.15) is 41.0 Å². The van der Waals surface area contributed by atoms with Crippen molar-refractivity contribution in [2.24, 2.45) is 15.9 Å². The normalized spacial score (nSPS) is 26.7. The average Bonchev–Trinajstić information content (AvgIpc) is 2.33. The first-order chi connectivity index (χ1) is 8.98. The van der Waals surface area contributed by atoms with Crippen molar-refractivity contribution in [1.29, 1.82) is 0 Å². The van der Waals surface area contributed by atoms with Crippen molar-refractivity contribution in [2.75, 3.05) is 13.2 Å². The fourth-order valence-electron chi connectivity index (χ4n) is 2.12. The second-order valence-electron chi connectivity index (χ2n) is 5.21. The van der Waals surface area contributed by atoms with Crippen molar-refractivity contribution in [3.63, 3.8) is 0 Å². The lowest BCUT2D eigenvalue weighted by Crippen LogP contribution is -2.45. The second-order valence-corrected chi connectivity index (χ2v) is 5.21. The molecular weight excluding hydrogens is 240 g/mol. The molecule has 4 nitrogen and oxygen atoms in total. The van der Waals surface area contributed by atoms with E-state index < -0.39 is 5.54 Å². The standard InChI is InChI=1S/C15H26N2O2/c1-7-10-15(6)14(19-9-3)16-12(11(4)5)13(17-15)18-8-2/h7,11-12H,1,8-10H2,2-6H3/t12-,15?/m0/s1. The zero-order chi connectivity index (χ0) is 14.5. The van der Waals surface area contributed by atoms with Crippen molar-refractivity contribution in [1.82, 2.24) is 0 Å². The topological polar surface area (TPSA) is 43.2 Å². The van der Waals surface area contributed by atoms with Crippen molar-refractivity contribution in [3.05, 3.63) is 12.7 Å². The van der Waals surface area contributed by atoms with Crippen LogP contribution in [0.3, 0.4) is 0 Å². The number of hydrogen-bond donors (Lipinski definition) is 0. The minimum atomic E-state index is -0.492. The van der Waals surface area contributed by atoms with Crippen LogP contribution in [-0.4, -0.2) is 36.6 Å². The lowest BCUT2D eigenvalue weighted by atomic mass is 9.94. The second kappa shape index (κ2) is 6.73. The minimum Gasteiger partial charge on any atom is -0.480 e. The summed E-state index contributed by atoms with van der Waals surface area (Å²) in [4.78, 5) is 9.50. The van der Waals surface area contributed by atoms with Crippen molar-refractivity contribution >= 4 is 11.8 Å². The molecule has 1 aliphatic rings. The Morgan fingerprint density at radius 2 is 1.95 bits per heavy atom. The van der Waals surface area contributed by atoms with Gasteiger partial charge in [0.1, 0.15) is 11.6 Å². The first-order valence-electron chi connectivity index (χ1n) is 7.03. The van der Waals surface area contributed by atoms with E-state index in [9.17, 15) is 0 Å². The molecule has 0 spiro atoms. The van der Waals surface area contributed by atoms with E-state index in [0.29, 0.717) is 37.3 Å². The summed E-state index contributed by atoms with van der Waals surface area (Å²) in [6.45, 7) is 15.2. The summed E-state index contributed by atoms with van der Waals surface area (Å²) < 4.78 is 11.4. The summed E-state index contributed by atoms with van der Waals surface area (Å²) >= 11 is 0. The highest BCUT2D eigenvalue weighted by atomic mass is 16.5. The molecule has 0 radical (unpaired) electrons. The molecule has 1 aliphatic heterocycles. The Balaban J connectivity index is 3.14. The molecule has 0 saturated heterocycles. The Kier molecular flexibility index (Phi) is 5.58. The molecule has 0 aliphatic carbocycles. The molecule has 0 bridgehead atoms. The predicted octanol–water partition coefficient (Wildman–Crippen LogP) is 3.23. The third-order valence-electron chi connectivity index (χ3n) is 3.07. The van der Waals surface area contributed by atoms with Crippen LogP contribution in [0.25, 0.3) is 0 Å². The molecule has 0 amide bonds. The van der Waals surface area contributed by atoms with Crippen LogP contribution in [0.2, 0.25) is 0 Å². The zero-order valence-corrected chi connectivity index (χ0v) is 12.8. The van der Waals surface area contributed by atoms with E-state index in [1.54, 1.807) is 0 Å². The monoisotopic (exact) mass is 266 g/mol. The Morgan fingerprint density at radius 3 is 2.42 bits per heavy atom. The SMILES string of the molecule is C=CCC1(C)N=C(OCC)[C@H](C(C)C)N=C1OCC. The molecule has 1 unspecified atom stereocenters. The van der Waals surface area contributed by atoms with Gasteiger partial charge in [-0.05, 0) is 33.1 Å². The molecule has 0 aromatic rings. The van der Waals surface area contributed by atoms with Gasteiger partial charge in [0.15, 0.2) is 0 Å². The van der Waals surface area contributed by atoms with Crippen LogP contribution in [0.15, 0.2) is 22.6 Å². The van der Waals surface area contributed by atoms with E-state index in [1.807, 2.05) is 26.8 Å². The van der Waals surface area contributed by atoms with Gasteiger partial charge in [0.05, 0.1) is 13.2 Å². The third kappa shape index (κ3) is 3.58. The van der Waals surface area contributed by atoms with Gasteiger partial charge in [-0.25, -0.2) is 9.98 Å². The third-order valence-corrected chi connectivity index (χ3v) is 3.07. The van der Waals surface area contributed by atoms with E-state index in [2.05, 4.69) is 20.4 Å². The highest BCUT2D eigenvalue weighted by molar-refractivity contribution is 5.96. The summed E-state index contributed by atoms with van der Waals surface area (Å²) in [6.07, 6.45) is 2.53. The van der Waals surface area contributed by atoms with E-state index in [-0.39, 0.29) is 6.04 Å². The van der Waals surface area contributed by atoms with Crippen molar-refractivity contribution in [2.45, 2.75) is 52.6 Å². The first kappa shape index (κ1) is 15.7. The number of ether oxygens (including phenoxy) is 2. The molecule has 0 N–H and O–H groups in total. The molecule has 0 saturated carbocycles. The van der Waals surface area contributed by atoms with Gasteiger partial charge >= 0.3 is 0 Å². The highest BCUT2D eigenvalue weighted by Crippen LogP contribution is 2.27. The van der Waals surface area contributed by atoms with Crippen LogP contribution in [-0.2, 0) is 9.47 Å². The molecule has 1 rings (SSSR count). The molecule has 2 atom stereocenters. The van der Waals surface area contributed by atoms with E-state index in [1.165, 1.54) is 0 Å². The number of rotatable bonds is 5. The molecule has 1 heterocycles. The Bertz CT molecular complexity index is 374. The van der Waals surface area contributed by atoms with Gasteiger partial charge in [-0.2, -0.15) is 0 Å². The van der Waals surface area contributed by atoms with Crippen LogP contribution in [0.4, 0.5) is 0 Å². The van der Waals surface area contributed by atoms with Crippen LogP contribution >= 0.6 is 0 Å². The summed E-state index contributed by atoms with van der Waals surface area (Å²) in [5.74, 6) is 1.73. The molecular formula is C15H26N2O2. The van der Waals surface area contributed by atoms with Gasteiger partial charge in [-0.3, -0.25) is 0 Å². The Morgan fingerprint density at radius 1 is 1.32 bits per heavy atom. The molecule has 19 heavy (non-hydrogen) atoms. The molecule has 4 heteroatoms. The highest BCUT2D eigenvalue weighted by Gasteiger charge is 2.39. The van der Waals surface area contributed by atoms with E-state index in [4.69, 9.17) is 19.5 Å². The zero-order valence-electron chi connectivity index (χ0n) is 12.8. The van der Waals surface area contributed by atoms with Gasteiger partial charge in [0.25, 0.3) is 0 Å². The number of aliphatic imine (C=N–C) groups is 2. The van der Waals surface area contributed by atoms with Gasteiger partial charge in [0, 0.05) is 0 Å². The van der Waals surface area contributed by atoms with E-state index >= 15 is 0 Å². The van der Waals surface area contributed by atoms with Crippen LogP contribution in [0.5, 0.6) is 0 Å². The van der Waals surface area contributed by atoms with Gasteiger partial charge in [0.2, 0.25) is 11.8 Å². The maximum atomic E-state index is 5.70. The lowest BCUT2D eigenvalue weighted by molar-refractivity contribution is 0.260. The number of hydrogen-bond acceptors (Lipinski definition) is 4. The van der Waals surface area contributed by atoms with Crippen molar-refractivity contribution < 1.29 is 9.47 Å². The van der Waals surface area contributed by atoms with Crippen molar-refractivity contribution in [3.8, 4) is 0 Å². The smallest absolute Gasteiger partial charge is 0.213 e. The van der Waals surface area contributed by atoms with Crippen LogP contribution < -0.4 is 0 Å². The summed E-state index contributed by atoms with van der Waals surface area (Å²) in [6, 6.07) is -0.0561. The fraction of sp³-hybridized carbons (Fsp3) is 0.733. The van der Waals surface area contributed by atoms with E-state index in [0.717, 1.165) is 0 Å². The predicted molar refractivity (Wildman–Crippen MR) is 80.0 cm³/mol. The molecule has 0 fully saturated rings. The lowest BCUT2D eigenvalue weighted by Gasteiger charge is -2.33. The maximum Gasteiger partial charge on any atom is 0.213 e. The van der Waals surface area contributed by atoms with Gasteiger partial charge in [-0.1, -0.05) is 19.9 Å². The van der Waals surface area contributed by atoms with Gasteiger partial charge in [-0.15, -0.1) is 6.58 Å². The Labute approximate surface area is 116 Å². The quantitative estimate of drug-likeness (QED) is 0.717. The minimum absolute atomic E-state index is 0.0561. The largest absolute Gasteiger partial charge is 0.480 e. The summed E-state index contributed by atoms with van der Waals surface area (Å²) in [5.41, 5.74) is -0.492. The summed E-state index contributed by atoms with van der Waals surface area (Å²) in [7, 11) is 0. The van der Waals surface area contributed by atoms with Gasteiger partial charge < -0.3 is 9.47 Å². The molecule has 0 aromatic heterocycles. The van der Waals surface area contributed by atoms with Crippen LogP contribution in [0, 0.1) is 5.92 Å². The molecule has 0 aromatic carbocycles. The maximum absolute atomic E-state index is 5.70. The molecule has 108 valence electrons. The number of nitrogens with zero attached hydrogens (tertiary/aromatic N) is 2. The fourth-order valence-corrected chi connectivity index (χ4v) is 2.12. The Hall–Kier alpha value is -1.32. The summed E-state index contributed by atoms with van der Waals surface area (Å²) in [5, 5.41) is 0. The first-order valence-corrected chi connectivity index (χ1v) is 7.03. The average molecular weight is 266 g/mol.